The number of carbonyl (C=O) groups excluding carboxylic acids is 2. The number of hydrogen-bond donors (Lipinski definition) is 2. The van der Waals surface area contributed by atoms with Crippen LogP contribution in [0, 0.1) is 10.8 Å². The first kappa shape index (κ1) is 25.6. The molecule has 2 rings (SSSR count). The standard InChI is InChI=1S/C24H36N2O6/c1-15(19-13-21(29)25-31-19)23(3,4)11-9-17(27)7-8-18(28)10-12-24(5,6)16(2)20-14-22(30)26-32-20/h13-16H,7-12H2,1-6H3,(H,25,29)(H,26,30). The van der Waals surface area contributed by atoms with Gasteiger partial charge in [0, 0.05) is 49.7 Å². The number of aromatic hydroxyl groups is 2. The van der Waals surface area contributed by atoms with Gasteiger partial charge in [0.25, 0.3) is 11.8 Å². The Kier molecular flexibility index (Phi) is 8.26. The summed E-state index contributed by atoms with van der Waals surface area (Å²) in [4.78, 5) is 24.8. The highest BCUT2D eigenvalue weighted by molar-refractivity contribution is 5.86. The van der Waals surface area contributed by atoms with Crippen LogP contribution in [0.5, 0.6) is 11.8 Å². The van der Waals surface area contributed by atoms with Gasteiger partial charge in [-0.05, 0) is 34.0 Å². The molecule has 2 N–H and O–H groups in total. The summed E-state index contributed by atoms with van der Waals surface area (Å²) in [7, 11) is 0. The summed E-state index contributed by atoms with van der Waals surface area (Å²) >= 11 is 0. The van der Waals surface area contributed by atoms with Crippen molar-refractivity contribution in [2.75, 3.05) is 0 Å². The molecule has 0 bridgehead atoms. The average Bonchev–Trinajstić information content (AvgIpc) is 3.36. The second kappa shape index (κ2) is 10.3. The molecule has 0 saturated carbocycles. The van der Waals surface area contributed by atoms with Crippen molar-refractivity contribution in [1.82, 2.24) is 10.3 Å². The van der Waals surface area contributed by atoms with E-state index in [-0.39, 0.29) is 58.8 Å². The van der Waals surface area contributed by atoms with Gasteiger partial charge in [-0.25, -0.2) is 0 Å². The van der Waals surface area contributed by atoms with Crippen LogP contribution in [0.15, 0.2) is 21.2 Å². The van der Waals surface area contributed by atoms with Gasteiger partial charge in [0.15, 0.2) is 0 Å². The maximum atomic E-state index is 12.4. The van der Waals surface area contributed by atoms with Crippen molar-refractivity contribution >= 4 is 11.6 Å². The van der Waals surface area contributed by atoms with E-state index in [0.29, 0.717) is 37.2 Å². The summed E-state index contributed by atoms with van der Waals surface area (Å²) in [5, 5.41) is 25.8. The molecule has 2 aromatic heterocycles. The van der Waals surface area contributed by atoms with Crippen LogP contribution in [0.1, 0.15) is 103 Å². The summed E-state index contributed by atoms with van der Waals surface area (Å²) in [6.07, 6.45) is 2.58. The third kappa shape index (κ3) is 6.93. The van der Waals surface area contributed by atoms with E-state index in [4.69, 9.17) is 9.05 Å². The van der Waals surface area contributed by atoms with Gasteiger partial charge in [-0.15, -0.1) is 0 Å². The molecule has 178 valence electrons. The minimum absolute atomic E-state index is 0.0131. The summed E-state index contributed by atoms with van der Waals surface area (Å²) in [5.74, 6) is 1.01. The SMILES string of the molecule is CC(c1cc(O)no1)C(C)(C)CCC(=O)CCC(=O)CCC(C)(C)C(C)c1cc(O)no1. The second-order valence-electron chi connectivity index (χ2n) is 10.2. The van der Waals surface area contributed by atoms with Gasteiger partial charge in [-0.1, -0.05) is 41.5 Å². The highest BCUT2D eigenvalue weighted by Crippen LogP contribution is 2.41. The average molecular weight is 449 g/mol. The first-order valence-corrected chi connectivity index (χ1v) is 11.2. The quantitative estimate of drug-likeness (QED) is 0.410. The van der Waals surface area contributed by atoms with Crippen LogP contribution in [0.2, 0.25) is 0 Å². The Balaban J connectivity index is 1.74. The molecule has 0 amide bonds. The molecule has 32 heavy (non-hydrogen) atoms. The number of hydrogen-bond acceptors (Lipinski definition) is 8. The molecule has 0 radical (unpaired) electrons. The smallest absolute Gasteiger partial charge is 0.251 e. The number of nitrogens with zero attached hydrogens (tertiary/aromatic N) is 2. The van der Waals surface area contributed by atoms with E-state index >= 15 is 0 Å². The zero-order valence-corrected chi connectivity index (χ0v) is 20.0. The zero-order valence-electron chi connectivity index (χ0n) is 20.0. The maximum Gasteiger partial charge on any atom is 0.251 e. The molecule has 2 atom stereocenters. The Hall–Kier alpha value is -2.64. The van der Waals surface area contributed by atoms with E-state index in [9.17, 15) is 19.8 Å². The van der Waals surface area contributed by atoms with E-state index in [1.807, 2.05) is 41.5 Å². The summed E-state index contributed by atoms with van der Waals surface area (Å²) in [6, 6.07) is 3.00. The van der Waals surface area contributed by atoms with Crippen molar-refractivity contribution in [1.29, 1.82) is 0 Å². The van der Waals surface area contributed by atoms with Crippen LogP contribution in [0.25, 0.3) is 0 Å². The molecule has 0 fully saturated rings. The molecular weight excluding hydrogens is 412 g/mol. The van der Waals surface area contributed by atoms with Gasteiger partial charge >= 0.3 is 0 Å². The topological polar surface area (TPSA) is 127 Å². The number of carbonyl (C=O) groups is 2. The van der Waals surface area contributed by atoms with E-state index in [0.717, 1.165) is 0 Å². The molecule has 0 aliphatic carbocycles. The molecule has 8 nitrogen and oxygen atoms in total. The van der Waals surface area contributed by atoms with Crippen LogP contribution in [0.4, 0.5) is 0 Å². The molecule has 8 heteroatoms. The fourth-order valence-electron chi connectivity index (χ4n) is 3.62. The Labute approximate surface area is 189 Å². The minimum atomic E-state index is -0.221. The van der Waals surface area contributed by atoms with Gasteiger partial charge in [0.05, 0.1) is 0 Å². The van der Waals surface area contributed by atoms with Crippen LogP contribution in [-0.2, 0) is 9.59 Å². The molecule has 2 aromatic rings. The van der Waals surface area contributed by atoms with E-state index in [1.165, 1.54) is 12.1 Å². The van der Waals surface area contributed by atoms with Crippen molar-refractivity contribution in [3.8, 4) is 11.8 Å². The molecule has 0 aliphatic heterocycles. The summed E-state index contributed by atoms with van der Waals surface area (Å²) in [5.41, 5.74) is -0.443. The van der Waals surface area contributed by atoms with Crippen molar-refractivity contribution in [2.24, 2.45) is 10.8 Å². The predicted octanol–water partition coefficient (Wildman–Crippen LogP) is 5.51. The lowest BCUT2D eigenvalue weighted by Gasteiger charge is -2.30. The Morgan fingerprint density at radius 1 is 0.781 bits per heavy atom. The van der Waals surface area contributed by atoms with Gasteiger partial charge in [0.1, 0.15) is 23.1 Å². The third-order valence-corrected chi connectivity index (χ3v) is 7.01. The fraction of sp³-hybridized carbons (Fsp3) is 0.667. The number of ketones is 2. The number of aromatic nitrogens is 2. The lowest BCUT2D eigenvalue weighted by atomic mass is 9.74. The van der Waals surface area contributed by atoms with Gasteiger partial charge in [-0.3, -0.25) is 9.59 Å². The Morgan fingerprint density at radius 2 is 1.12 bits per heavy atom. The first-order valence-electron chi connectivity index (χ1n) is 11.2. The first-order chi connectivity index (χ1) is 14.8. The summed E-state index contributed by atoms with van der Waals surface area (Å²) in [6.45, 7) is 12.2. The molecule has 2 unspecified atom stereocenters. The maximum absolute atomic E-state index is 12.4. The molecular formula is C24H36N2O6. The molecule has 0 aliphatic rings. The molecule has 0 saturated heterocycles. The van der Waals surface area contributed by atoms with Gasteiger partial charge in [-0.2, -0.15) is 0 Å². The van der Waals surface area contributed by atoms with Crippen molar-refractivity contribution in [3.05, 3.63) is 23.7 Å². The van der Waals surface area contributed by atoms with Crippen LogP contribution >= 0.6 is 0 Å². The van der Waals surface area contributed by atoms with Crippen molar-refractivity contribution < 1.29 is 28.8 Å². The van der Waals surface area contributed by atoms with Gasteiger partial charge in [0.2, 0.25) is 0 Å². The Bertz CT molecular complexity index is 837. The van der Waals surface area contributed by atoms with Crippen LogP contribution < -0.4 is 0 Å². The normalized spacial score (nSPS) is 14.3. The molecule has 0 aromatic carbocycles. The van der Waals surface area contributed by atoms with Crippen molar-refractivity contribution in [2.45, 2.75) is 91.9 Å². The summed E-state index contributed by atoms with van der Waals surface area (Å²) < 4.78 is 10.3. The number of Topliss-reactive ketones (excluding diaryl/α,β-unsaturated/α-hetero) is 2. The third-order valence-electron chi connectivity index (χ3n) is 7.01. The van der Waals surface area contributed by atoms with E-state index in [2.05, 4.69) is 10.3 Å². The monoisotopic (exact) mass is 448 g/mol. The largest absolute Gasteiger partial charge is 0.491 e. The Morgan fingerprint density at radius 3 is 1.41 bits per heavy atom. The highest BCUT2D eigenvalue weighted by Gasteiger charge is 2.32. The zero-order chi connectivity index (χ0) is 24.1. The van der Waals surface area contributed by atoms with Crippen molar-refractivity contribution in [3.63, 3.8) is 0 Å². The van der Waals surface area contributed by atoms with Gasteiger partial charge < -0.3 is 19.3 Å². The highest BCUT2D eigenvalue weighted by atomic mass is 16.5. The van der Waals surface area contributed by atoms with E-state index < -0.39 is 0 Å². The second-order valence-corrected chi connectivity index (χ2v) is 10.2. The van der Waals surface area contributed by atoms with Crippen LogP contribution in [0.3, 0.4) is 0 Å². The fourth-order valence-corrected chi connectivity index (χ4v) is 3.62. The molecule has 0 spiro atoms. The number of rotatable bonds is 13. The lowest BCUT2D eigenvalue weighted by Crippen LogP contribution is -2.22. The minimum Gasteiger partial charge on any atom is -0.491 e. The molecule has 2 heterocycles. The van der Waals surface area contributed by atoms with Crippen LogP contribution in [-0.4, -0.2) is 32.1 Å². The predicted molar refractivity (Wildman–Crippen MR) is 118 cm³/mol. The van der Waals surface area contributed by atoms with E-state index in [1.54, 1.807) is 0 Å². The lowest BCUT2D eigenvalue weighted by molar-refractivity contribution is -0.124.